The summed E-state index contributed by atoms with van der Waals surface area (Å²) in [6, 6.07) is 20.8. The van der Waals surface area contributed by atoms with E-state index in [4.69, 9.17) is 9.47 Å². The predicted octanol–water partition coefficient (Wildman–Crippen LogP) is 4.59. The Morgan fingerprint density at radius 2 is 1.55 bits per heavy atom. The Hall–Kier alpha value is -2.33. The lowest BCUT2D eigenvalue weighted by molar-refractivity contribution is -0.136. The van der Waals surface area contributed by atoms with E-state index in [1.54, 1.807) is 12.1 Å². The Bertz CT molecular complexity index is 797. The van der Waals surface area contributed by atoms with E-state index in [0.29, 0.717) is 11.5 Å². The van der Waals surface area contributed by atoms with Crippen LogP contribution in [0.1, 0.15) is 0 Å². The van der Waals surface area contributed by atoms with Crippen LogP contribution < -0.4 is 9.47 Å². The summed E-state index contributed by atoms with van der Waals surface area (Å²) in [5, 5.41) is 2.20. The van der Waals surface area contributed by atoms with Crippen LogP contribution >= 0.6 is 15.9 Å². The fraction of sp³-hybridized carbons (Fsp3) is 0.0556. The lowest BCUT2D eigenvalue weighted by Crippen LogP contribution is -2.17. The van der Waals surface area contributed by atoms with Crippen LogP contribution in [-0.4, -0.2) is 12.6 Å². The highest BCUT2D eigenvalue weighted by Crippen LogP contribution is 2.21. The summed E-state index contributed by atoms with van der Waals surface area (Å²) in [6.07, 6.45) is 0. The smallest absolute Gasteiger partial charge is 0.349 e. The topological polar surface area (TPSA) is 35.5 Å². The molecular weight excluding hydrogens is 344 g/mol. The second-order valence-corrected chi connectivity index (χ2v) is 5.64. The lowest BCUT2D eigenvalue weighted by Gasteiger charge is -2.07. The van der Waals surface area contributed by atoms with Gasteiger partial charge in [0.1, 0.15) is 11.5 Å². The molecule has 0 aliphatic carbocycles. The zero-order chi connectivity index (χ0) is 15.4. The van der Waals surface area contributed by atoms with Gasteiger partial charge in [0.2, 0.25) is 0 Å². The second-order valence-electron chi connectivity index (χ2n) is 4.73. The van der Waals surface area contributed by atoms with Crippen molar-refractivity contribution >= 4 is 32.7 Å². The molecule has 110 valence electrons. The average molecular weight is 357 g/mol. The maximum absolute atomic E-state index is 11.8. The summed E-state index contributed by atoms with van der Waals surface area (Å²) >= 11 is 3.33. The molecule has 0 fully saturated rings. The molecule has 0 saturated heterocycles. The van der Waals surface area contributed by atoms with Crippen LogP contribution in [0.15, 0.2) is 71.2 Å². The molecule has 3 aromatic rings. The molecule has 4 heteroatoms. The number of hydrogen-bond acceptors (Lipinski definition) is 3. The maximum Gasteiger partial charge on any atom is 0.349 e. The number of ether oxygens (including phenoxy) is 2. The van der Waals surface area contributed by atoms with Gasteiger partial charge in [0, 0.05) is 4.47 Å². The summed E-state index contributed by atoms with van der Waals surface area (Å²) < 4.78 is 11.6. The van der Waals surface area contributed by atoms with Crippen LogP contribution in [0.4, 0.5) is 0 Å². The number of fused-ring (bicyclic) bond motifs is 1. The monoisotopic (exact) mass is 356 g/mol. The van der Waals surface area contributed by atoms with E-state index in [9.17, 15) is 4.79 Å². The van der Waals surface area contributed by atoms with Crippen molar-refractivity contribution in [1.82, 2.24) is 0 Å². The molecule has 0 atom stereocenters. The van der Waals surface area contributed by atoms with Gasteiger partial charge >= 0.3 is 5.97 Å². The van der Waals surface area contributed by atoms with E-state index in [2.05, 4.69) is 15.9 Å². The van der Waals surface area contributed by atoms with Crippen LogP contribution in [0.3, 0.4) is 0 Å². The van der Waals surface area contributed by atoms with Gasteiger partial charge in [-0.3, -0.25) is 0 Å². The van der Waals surface area contributed by atoms with Crippen LogP contribution in [0.5, 0.6) is 11.5 Å². The number of esters is 1. The normalized spacial score (nSPS) is 10.4. The molecule has 0 saturated carbocycles. The second kappa shape index (κ2) is 6.62. The number of benzene rings is 3. The summed E-state index contributed by atoms with van der Waals surface area (Å²) in [5.41, 5.74) is 0. The molecule has 0 heterocycles. The van der Waals surface area contributed by atoms with E-state index in [1.165, 1.54) is 0 Å². The van der Waals surface area contributed by atoms with Crippen molar-refractivity contribution in [1.29, 1.82) is 0 Å². The number of carbonyl (C=O) groups is 1. The molecule has 3 nitrogen and oxygen atoms in total. The van der Waals surface area contributed by atoms with Crippen LogP contribution in [0, 0.1) is 0 Å². The molecule has 3 rings (SSSR count). The minimum Gasteiger partial charge on any atom is -0.482 e. The van der Waals surface area contributed by atoms with E-state index in [0.717, 1.165) is 15.2 Å². The first-order chi connectivity index (χ1) is 10.7. The van der Waals surface area contributed by atoms with Crippen molar-refractivity contribution in [2.45, 2.75) is 0 Å². The van der Waals surface area contributed by atoms with E-state index < -0.39 is 5.97 Å². The third kappa shape index (κ3) is 3.65. The quantitative estimate of drug-likeness (QED) is 0.506. The molecule has 3 aromatic carbocycles. The van der Waals surface area contributed by atoms with Crippen molar-refractivity contribution in [2.24, 2.45) is 0 Å². The SMILES string of the molecule is O=C(COc1ccc2ccccc2c1)Oc1ccc(Br)cc1. The van der Waals surface area contributed by atoms with E-state index in [1.807, 2.05) is 54.6 Å². The zero-order valence-corrected chi connectivity index (χ0v) is 13.2. The maximum atomic E-state index is 11.8. The van der Waals surface area contributed by atoms with Gasteiger partial charge in [0.15, 0.2) is 6.61 Å². The predicted molar refractivity (Wildman–Crippen MR) is 89.2 cm³/mol. The molecule has 0 unspecified atom stereocenters. The number of carbonyl (C=O) groups excluding carboxylic acids is 1. The molecule has 0 bridgehead atoms. The third-order valence-corrected chi connectivity index (χ3v) is 3.65. The summed E-state index contributed by atoms with van der Waals surface area (Å²) in [5.74, 6) is 0.706. The Morgan fingerprint density at radius 3 is 2.32 bits per heavy atom. The lowest BCUT2D eigenvalue weighted by atomic mass is 10.1. The standard InChI is InChI=1S/C18H13BrO3/c19-15-6-9-16(10-7-15)22-18(20)12-21-17-8-5-13-3-1-2-4-14(13)11-17/h1-11H,12H2. The van der Waals surface area contributed by atoms with Gasteiger partial charge in [-0.15, -0.1) is 0 Å². The molecular formula is C18H13BrO3. The fourth-order valence-electron chi connectivity index (χ4n) is 2.06. The van der Waals surface area contributed by atoms with Gasteiger partial charge in [-0.1, -0.05) is 46.3 Å². The highest BCUT2D eigenvalue weighted by Gasteiger charge is 2.06. The first-order valence-electron chi connectivity index (χ1n) is 6.78. The third-order valence-electron chi connectivity index (χ3n) is 3.12. The van der Waals surface area contributed by atoms with Gasteiger partial charge in [-0.2, -0.15) is 0 Å². The van der Waals surface area contributed by atoms with Crippen molar-refractivity contribution in [2.75, 3.05) is 6.61 Å². The molecule has 0 aliphatic heterocycles. The number of halogens is 1. The van der Waals surface area contributed by atoms with Gasteiger partial charge in [-0.05, 0) is 47.2 Å². The highest BCUT2D eigenvalue weighted by molar-refractivity contribution is 9.10. The molecule has 22 heavy (non-hydrogen) atoms. The van der Waals surface area contributed by atoms with Crippen LogP contribution in [0.2, 0.25) is 0 Å². The van der Waals surface area contributed by atoms with Crippen molar-refractivity contribution in [3.8, 4) is 11.5 Å². The molecule has 0 aromatic heterocycles. The largest absolute Gasteiger partial charge is 0.482 e. The Labute approximate surface area is 136 Å². The Kier molecular flexibility index (Phi) is 4.39. The first kappa shape index (κ1) is 14.6. The minimum atomic E-state index is -0.435. The average Bonchev–Trinajstić information content (AvgIpc) is 2.55. The van der Waals surface area contributed by atoms with Crippen LogP contribution in [0.25, 0.3) is 10.8 Å². The molecule has 0 radical (unpaired) electrons. The summed E-state index contributed by atoms with van der Waals surface area (Å²) in [7, 11) is 0. The fourth-order valence-corrected chi connectivity index (χ4v) is 2.33. The van der Waals surface area contributed by atoms with Gasteiger partial charge in [0.25, 0.3) is 0 Å². The van der Waals surface area contributed by atoms with Crippen molar-refractivity contribution in [3.63, 3.8) is 0 Å². The van der Waals surface area contributed by atoms with E-state index in [-0.39, 0.29) is 6.61 Å². The van der Waals surface area contributed by atoms with E-state index >= 15 is 0 Å². The van der Waals surface area contributed by atoms with Gasteiger partial charge in [-0.25, -0.2) is 4.79 Å². The first-order valence-corrected chi connectivity index (χ1v) is 7.58. The van der Waals surface area contributed by atoms with Gasteiger partial charge < -0.3 is 9.47 Å². The molecule has 0 spiro atoms. The Morgan fingerprint density at radius 1 is 0.864 bits per heavy atom. The molecule has 0 N–H and O–H groups in total. The number of rotatable bonds is 4. The van der Waals surface area contributed by atoms with Crippen LogP contribution in [-0.2, 0) is 4.79 Å². The van der Waals surface area contributed by atoms with Gasteiger partial charge in [0.05, 0.1) is 0 Å². The van der Waals surface area contributed by atoms with Crippen molar-refractivity contribution < 1.29 is 14.3 Å². The molecule has 0 aliphatic rings. The minimum absolute atomic E-state index is 0.131. The highest BCUT2D eigenvalue weighted by atomic mass is 79.9. The number of hydrogen-bond donors (Lipinski definition) is 0. The molecule has 0 amide bonds. The summed E-state index contributed by atoms with van der Waals surface area (Å²) in [4.78, 5) is 11.8. The zero-order valence-electron chi connectivity index (χ0n) is 11.7. The van der Waals surface area contributed by atoms with Crippen molar-refractivity contribution in [3.05, 3.63) is 71.2 Å². The Balaban J connectivity index is 1.60. The summed E-state index contributed by atoms with van der Waals surface area (Å²) in [6.45, 7) is -0.131.